The van der Waals surface area contributed by atoms with Crippen molar-refractivity contribution in [2.45, 2.75) is 36.7 Å². The van der Waals surface area contributed by atoms with Gasteiger partial charge in [-0.05, 0) is 31.7 Å². The van der Waals surface area contributed by atoms with E-state index >= 15 is 0 Å². The Kier molecular flexibility index (Phi) is 3.81. The van der Waals surface area contributed by atoms with E-state index in [1.807, 2.05) is 0 Å². The zero-order valence-electron chi connectivity index (χ0n) is 11.0. The summed E-state index contributed by atoms with van der Waals surface area (Å²) in [6.45, 7) is 1.49. The third kappa shape index (κ3) is 2.97. The fourth-order valence-electron chi connectivity index (χ4n) is 2.06. The number of sulfonamides is 1. The minimum atomic E-state index is -3.87. The fourth-order valence-corrected chi connectivity index (χ4v) is 3.44. The Labute approximate surface area is 116 Å². The molecular formula is C12H16N2O5S. The average Bonchev–Trinajstić information content (AvgIpc) is 2.34. The third-order valence-electron chi connectivity index (χ3n) is 3.55. The van der Waals surface area contributed by atoms with Crippen LogP contribution in [0.25, 0.3) is 0 Å². The third-order valence-corrected chi connectivity index (χ3v) is 5.09. The Morgan fingerprint density at radius 1 is 1.45 bits per heavy atom. The first kappa shape index (κ1) is 14.9. The van der Waals surface area contributed by atoms with Crippen LogP contribution < -0.4 is 4.72 Å². The molecule has 0 aliphatic heterocycles. The fraction of sp³-hybridized carbons (Fsp3) is 0.500. The predicted octanol–water partition coefficient (Wildman–Crippen LogP) is 1.10. The van der Waals surface area contributed by atoms with Crippen molar-refractivity contribution < 1.29 is 18.4 Å². The van der Waals surface area contributed by atoms with Gasteiger partial charge in [-0.25, -0.2) is 13.1 Å². The zero-order valence-corrected chi connectivity index (χ0v) is 11.8. The molecule has 8 heteroatoms. The van der Waals surface area contributed by atoms with Gasteiger partial charge in [0.2, 0.25) is 10.0 Å². The van der Waals surface area contributed by atoms with Crippen LogP contribution >= 0.6 is 0 Å². The summed E-state index contributed by atoms with van der Waals surface area (Å²) in [6.07, 6.45) is 1.99. The van der Waals surface area contributed by atoms with Gasteiger partial charge in [-0.3, -0.25) is 10.1 Å². The molecule has 1 aliphatic carbocycles. The Morgan fingerprint density at radius 2 is 2.10 bits per heavy atom. The molecule has 0 unspecified atom stereocenters. The van der Waals surface area contributed by atoms with Gasteiger partial charge in [0.15, 0.2) is 0 Å². The number of hydrogen-bond acceptors (Lipinski definition) is 5. The van der Waals surface area contributed by atoms with Crippen LogP contribution in [0.3, 0.4) is 0 Å². The van der Waals surface area contributed by atoms with Crippen LogP contribution in [0, 0.1) is 17.0 Å². The van der Waals surface area contributed by atoms with Gasteiger partial charge < -0.3 is 5.11 Å². The molecule has 0 amide bonds. The van der Waals surface area contributed by atoms with E-state index in [-0.39, 0.29) is 17.1 Å². The topological polar surface area (TPSA) is 110 Å². The normalized spacial score (nSPS) is 17.5. The van der Waals surface area contributed by atoms with Gasteiger partial charge >= 0.3 is 0 Å². The number of nitrogens with zero attached hydrogens (tertiary/aromatic N) is 1. The highest BCUT2D eigenvalue weighted by molar-refractivity contribution is 7.89. The molecule has 1 fully saturated rings. The van der Waals surface area contributed by atoms with E-state index < -0.39 is 20.5 Å². The number of rotatable bonds is 5. The number of nitro benzene ring substituents is 1. The van der Waals surface area contributed by atoms with Crippen LogP contribution in [-0.4, -0.2) is 30.6 Å². The summed E-state index contributed by atoms with van der Waals surface area (Å²) in [6, 6.07) is 3.68. The Bertz CT molecular complexity index is 637. The summed E-state index contributed by atoms with van der Waals surface area (Å²) in [5.41, 5.74) is -0.844. The van der Waals surface area contributed by atoms with Crippen LogP contribution in [0.2, 0.25) is 0 Å². The first-order valence-electron chi connectivity index (χ1n) is 6.21. The number of aryl methyl sites for hydroxylation is 1. The standard InChI is InChI=1S/C12H16N2O5S/c1-9-3-4-10(14(16)17)7-11(9)20(18,19)13-8-12(15)5-2-6-12/h3-4,7,13,15H,2,5-6,8H2,1H3. The van der Waals surface area contributed by atoms with Gasteiger partial charge in [-0.15, -0.1) is 0 Å². The summed E-state index contributed by atoms with van der Waals surface area (Å²) >= 11 is 0. The Balaban J connectivity index is 2.24. The van der Waals surface area contributed by atoms with Crippen LogP contribution in [-0.2, 0) is 10.0 Å². The van der Waals surface area contributed by atoms with Gasteiger partial charge in [0, 0.05) is 18.7 Å². The lowest BCUT2D eigenvalue weighted by Gasteiger charge is -2.36. The molecule has 2 rings (SSSR count). The SMILES string of the molecule is Cc1ccc([N+](=O)[O-])cc1S(=O)(=O)NCC1(O)CCC1. The Hall–Kier alpha value is -1.51. The molecule has 1 aromatic carbocycles. The van der Waals surface area contributed by atoms with Crippen LogP contribution in [0.1, 0.15) is 24.8 Å². The molecule has 1 aliphatic rings. The van der Waals surface area contributed by atoms with Crippen LogP contribution in [0.5, 0.6) is 0 Å². The lowest BCUT2D eigenvalue weighted by Crippen LogP contribution is -2.47. The van der Waals surface area contributed by atoms with Gasteiger partial charge in [-0.2, -0.15) is 0 Å². The van der Waals surface area contributed by atoms with Crippen LogP contribution in [0.15, 0.2) is 23.1 Å². The number of benzene rings is 1. The van der Waals surface area contributed by atoms with Crippen molar-refractivity contribution in [3.05, 3.63) is 33.9 Å². The second-order valence-electron chi connectivity index (χ2n) is 5.11. The molecule has 7 nitrogen and oxygen atoms in total. The summed E-state index contributed by atoms with van der Waals surface area (Å²) in [5.74, 6) is 0. The zero-order chi connectivity index (χ0) is 15.0. The minimum Gasteiger partial charge on any atom is -0.389 e. The molecule has 1 aromatic rings. The number of aliphatic hydroxyl groups is 1. The van der Waals surface area contributed by atoms with E-state index in [1.54, 1.807) is 6.92 Å². The van der Waals surface area contributed by atoms with Crippen LogP contribution in [0.4, 0.5) is 5.69 Å². The maximum atomic E-state index is 12.2. The maximum absolute atomic E-state index is 12.2. The van der Waals surface area contributed by atoms with Gasteiger partial charge in [0.1, 0.15) is 0 Å². The summed E-state index contributed by atoms with van der Waals surface area (Å²) < 4.78 is 26.7. The van der Waals surface area contributed by atoms with Gasteiger partial charge in [0.25, 0.3) is 5.69 Å². The van der Waals surface area contributed by atoms with E-state index in [4.69, 9.17) is 0 Å². The monoisotopic (exact) mass is 300 g/mol. The molecule has 20 heavy (non-hydrogen) atoms. The molecular weight excluding hydrogens is 284 g/mol. The lowest BCUT2D eigenvalue weighted by atomic mass is 9.81. The molecule has 0 bridgehead atoms. The largest absolute Gasteiger partial charge is 0.389 e. The molecule has 1 saturated carbocycles. The van der Waals surface area contributed by atoms with Crippen molar-refractivity contribution >= 4 is 15.7 Å². The number of hydrogen-bond donors (Lipinski definition) is 2. The number of non-ortho nitro benzene ring substituents is 1. The van der Waals surface area contributed by atoms with E-state index in [0.717, 1.165) is 12.5 Å². The van der Waals surface area contributed by atoms with E-state index in [1.165, 1.54) is 12.1 Å². The van der Waals surface area contributed by atoms with Crippen molar-refractivity contribution in [3.63, 3.8) is 0 Å². The van der Waals surface area contributed by atoms with Gasteiger partial charge in [0.05, 0.1) is 15.4 Å². The second kappa shape index (κ2) is 5.12. The summed E-state index contributed by atoms with van der Waals surface area (Å²) in [7, 11) is -3.87. The number of nitro groups is 1. The highest BCUT2D eigenvalue weighted by Gasteiger charge is 2.35. The maximum Gasteiger partial charge on any atom is 0.270 e. The summed E-state index contributed by atoms with van der Waals surface area (Å²) in [5, 5.41) is 20.6. The molecule has 2 N–H and O–H groups in total. The highest BCUT2D eigenvalue weighted by Crippen LogP contribution is 2.31. The molecule has 0 heterocycles. The molecule has 0 atom stereocenters. The smallest absolute Gasteiger partial charge is 0.270 e. The molecule has 110 valence electrons. The first-order chi connectivity index (χ1) is 9.23. The van der Waals surface area contributed by atoms with E-state index in [0.29, 0.717) is 18.4 Å². The van der Waals surface area contributed by atoms with E-state index in [2.05, 4.69) is 4.72 Å². The highest BCUT2D eigenvalue weighted by atomic mass is 32.2. The van der Waals surface area contributed by atoms with Crippen molar-refractivity contribution in [2.75, 3.05) is 6.54 Å². The van der Waals surface area contributed by atoms with Crippen molar-refractivity contribution in [3.8, 4) is 0 Å². The van der Waals surface area contributed by atoms with Gasteiger partial charge in [-0.1, -0.05) is 6.07 Å². The van der Waals surface area contributed by atoms with Crippen molar-refractivity contribution in [1.29, 1.82) is 0 Å². The second-order valence-corrected chi connectivity index (χ2v) is 6.84. The molecule has 0 spiro atoms. The number of nitrogens with one attached hydrogen (secondary N) is 1. The first-order valence-corrected chi connectivity index (χ1v) is 7.69. The quantitative estimate of drug-likeness (QED) is 0.625. The molecule has 0 aromatic heterocycles. The minimum absolute atomic E-state index is 0.0720. The molecule has 0 radical (unpaired) electrons. The Morgan fingerprint density at radius 3 is 2.60 bits per heavy atom. The average molecular weight is 300 g/mol. The summed E-state index contributed by atoms with van der Waals surface area (Å²) in [4.78, 5) is 9.94. The van der Waals surface area contributed by atoms with Crippen molar-refractivity contribution in [2.24, 2.45) is 0 Å². The predicted molar refractivity (Wildman–Crippen MR) is 71.8 cm³/mol. The lowest BCUT2D eigenvalue weighted by molar-refractivity contribution is -0.385. The van der Waals surface area contributed by atoms with E-state index in [9.17, 15) is 23.6 Å². The molecule has 0 saturated heterocycles. The van der Waals surface area contributed by atoms with Crippen molar-refractivity contribution in [1.82, 2.24) is 4.72 Å².